The van der Waals surface area contributed by atoms with E-state index < -0.39 is 0 Å². The Morgan fingerprint density at radius 3 is 2.54 bits per heavy atom. The maximum absolute atomic E-state index is 12.3. The Morgan fingerprint density at radius 1 is 1.18 bits per heavy atom. The molecular formula is C20H23ClN5OS+. The van der Waals surface area contributed by atoms with Gasteiger partial charge in [-0.3, -0.25) is 4.79 Å². The summed E-state index contributed by atoms with van der Waals surface area (Å²) < 4.78 is 4.42. The third-order valence-corrected chi connectivity index (χ3v) is 5.06. The minimum atomic E-state index is -0.115. The molecule has 0 bridgehead atoms. The number of hydrogen-bond donors (Lipinski definition) is 2. The fourth-order valence-corrected chi connectivity index (χ4v) is 3.48. The lowest BCUT2D eigenvalue weighted by Crippen LogP contribution is -3.09. The largest absolute Gasteiger partial charge is 0.320 e. The summed E-state index contributed by atoms with van der Waals surface area (Å²) in [6.45, 7) is 3.53. The standard InChI is InChI=1S/C20H22ClN5OS/c1-3-25-19(15-9-5-4-6-10-15)23-26(20(25)28)14-24(2)13-18(27)22-17-12-8-7-11-16(17)21/h4-12H,3,13-14H2,1-2H3,(H,22,27)/p+1. The highest BCUT2D eigenvalue weighted by atomic mass is 35.5. The van der Waals surface area contributed by atoms with Gasteiger partial charge in [-0.15, -0.1) is 5.10 Å². The van der Waals surface area contributed by atoms with E-state index in [1.165, 1.54) is 0 Å². The summed E-state index contributed by atoms with van der Waals surface area (Å²) in [6.07, 6.45) is 0. The lowest BCUT2D eigenvalue weighted by Gasteiger charge is -2.14. The Morgan fingerprint density at radius 2 is 1.86 bits per heavy atom. The summed E-state index contributed by atoms with van der Waals surface area (Å²) in [5.41, 5.74) is 1.63. The van der Waals surface area contributed by atoms with Crippen molar-refractivity contribution in [2.24, 2.45) is 0 Å². The van der Waals surface area contributed by atoms with Crippen LogP contribution in [0.2, 0.25) is 5.02 Å². The van der Waals surface area contributed by atoms with Gasteiger partial charge < -0.3 is 14.8 Å². The molecule has 1 unspecified atom stereocenters. The molecule has 0 fully saturated rings. The highest BCUT2D eigenvalue weighted by molar-refractivity contribution is 7.71. The molecule has 1 amide bonds. The average Bonchev–Trinajstić information content (AvgIpc) is 2.99. The zero-order chi connectivity index (χ0) is 20.1. The first kappa shape index (κ1) is 20.3. The van der Waals surface area contributed by atoms with Crippen LogP contribution in [0.15, 0.2) is 54.6 Å². The van der Waals surface area contributed by atoms with Crippen LogP contribution in [-0.2, 0) is 18.0 Å². The van der Waals surface area contributed by atoms with Crippen molar-refractivity contribution in [2.75, 3.05) is 18.9 Å². The predicted molar refractivity (Wildman–Crippen MR) is 114 cm³/mol. The first-order valence-electron chi connectivity index (χ1n) is 9.08. The van der Waals surface area contributed by atoms with Gasteiger partial charge in [0.1, 0.15) is 0 Å². The van der Waals surface area contributed by atoms with Crippen LogP contribution in [0.3, 0.4) is 0 Å². The molecule has 3 aromatic rings. The van der Waals surface area contributed by atoms with Crippen molar-refractivity contribution in [3.05, 3.63) is 64.4 Å². The Bertz CT molecular complexity index is 1010. The number of rotatable bonds is 7. The van der Waals surface area contributed by atoms with Crippen molar-refractivity contribution in [3.63, 3.8) is 0 Å². The number of halogens is 1. The minimum Gasteiger partial charge on any atom is -0.320 e. The maximum atomic E-state index is 12.3. The van der Waals surface area contributed by atoms with Crippen molar-refractivity contribution >= 4 is 35.4 Å². The molecule has 28 heavy (non-hydrogen) atoms. The van der Waals surface area contributed by atoms with Crippen molar-refractivity contribution < 1.29 is 9.69 Å². The number of nitrogens with one attached hydrogen (secondary N) is 2. The lowest BCUT2D eigenvalue weighted by molar-refractivity contribution is -0.895. The summed E-state index contributed by atoms with van der Waals surface area (Å²) >= 11 is 11.7. The Balaban J connectivity index is 1.71. The van der Waals surface area contributed by atoms with Gasteiger partial charge in [-0.1, -0.05) is 54.1 Å². The Kier molecular flexibility index (Phi) is 6.61. The van der Waals surface area contributed by atoms with Crippen LogP contribution >= 0.6 is 23.8 Å². The number of amides is 1. The topological polar surface area (TPSA) is 56.3 Å². The summed E-state index contributed by atoms with van der Waals surface area (Å²) in [5.74, 6) is 0.719. The molecule has 0 saturated heterocycles. The van der Waals surface area contributed by atoms with Crippen molar-refractivity contribution in [3.8, 4) is 11.4 Å². The zero-order valence-electron chi connectivity index (χ0n) is 15.9. The highest BCUT2D eigenvalue weighted by Gasteiger charge is 2.16. The zero-order valence-corrected chi connectivity index (χ0v) is 17.4. The van der Waals surface area contributed by atoms with Gasteiger partial charge in [0.25, 0.3) is 5.91 Å². The second-order valence-corrected chi connectivity index (χ2v) is 7.31. The molecule has 0 aliphatic rings. The smallest absolute Gasteiger partial charge is 0.279 e. The average molecular weight is 417 g/mol. The van der Waals surface area contributed by atoms with Gasteiger partial charge in [-0.25, -0.2) is 0 Å². The number of anilines is 1. The number of nitrogens with zero attached hydrogens (tertiary/aromatic N) is 3. The maximum Gasteiger partial charge on any atom is 0.279 e. The van der Waals surface area contributed by atoms with E-state index >= 15 is 0 Å². The molecule has 8 heteroatoms. The van der Waals surface area contributed by atoms with Crippen LogP contribution in [0.5, 0.6) is 0 Å². The van der Waals surface area contributed by atoms with E-state index in [0.717, 1.165) is 22.8 Å². The SMILES string of the molecule is CCn1c(-c2ccccc2)nn(C[NH+](C)CC(=O)Nc2ccccc2Cl)c1=S. The first-order valence-corrected chi connectivity index (χ1v) is 9.87. The summed E-state index contributed by atoms with van der Waals surface area (Å²) in [4.78, 5) is 13.3. The third-order valence-electron chi connectivity index (χ3n) is 4.30. The van der Waals surface area contributed by atoms with E-state index in [1.54, 1.807) is 16.8 Å². The first-order chi connectivity index (χ1) is 13.5. The molecule has 2 N–H and O–H groups in total. The van der Waals surface area contributed by atoms with Gasteiger partial charge in [0, 0.05) is 12.1 Å². The number of hydrogen-bond acceptors (Lipinski definition) is 3. The van der Waals surface area contributed by atoms with Gasteiger partial charge in [0.05, 0.1) is 17.8 Å². The second-order valence-electron chi connectivity index (χ2n) is 6.54. The lowest BCUT2D eigenvalue weighted by atomic mass is 10.2. The number of quaternary nitrogens is 1. The van der Waals surface area contributed by atoms with Gasteiger partial charge >= 0.3 is 0 Å². The van der Waals surface area contributed by atoms with Gasteiger partial charge in [0.2, 0.25) is 4.77 Å². The monoisotopic (exact) mass is 416 g/mol. The second kappa shape index (κ2) is 9.14. The van der Waals surface area contributed by atoms with E-state index in [1.807, 2.05) is 61.0 Å². The Labute approximate surface area is 174 Å². The molecule has 6 nitrogen and oxygen atoms in total. The van der Waals surface area contributed by atoms with Crippen molar-refractivity contribution in [1.82, 2.24) is 14.3 Å². The number of carbonyl (C=O) groups excluding carboxylic acids is 1. The molecule has 0 aliphatic carbocycles. The molecule has 3 rings (SSSR count). The van der Waals surface area contributed by atoms with Crippen LogP contribution in [0, 0.1) is 4.77 Å². The third kappa shape index (κ3) is 4.67. The van der Waals surface area contributed by atoms with Crippen molar-refractivity contribution in [2.45, 2.75) is 20.1 Å². The van der Waals surface area contributed by atoms with Crippen LogP contribution in [-0.4, -0.2) is 33.8 Å². The van der Waals surface area contributed by atoms with E-state index in [4.69, 9.17) is 28.9 Å². The van der Waals surface area contributed by atoms with E-state index in [9.17, 15) is 4.79 Å². The summed E-state index contributed by atoms with van der Waals surface area (Å²) in [7, 11) is 1.93. The van der Waals surface area contributed by atoms with Crippen molar-refractivity contribution in [1.29, 1.82) is 0 Å². The number of carbonyl (C=O) groups is 1. The summed E-state index contributed by atoms with van der Waals surface area (Å²) in [6, 6.07) is 17.1. The molecule has 2 aromatic carbocycles. The minimum absolute atomic E-state index is 0.115. The number of para-hydroxylation sites is 1. The molecule has 0 saturated carbocycles. The molecule has 1 atom stereocenters. The Hall–Kier alpha value is -2.48. The normalized spacial score (nSPS) is 12.0. The van der Waals surface area contributed by atoms with Gasteiger partial charge in [-0.05, 0) is 31.3 Å². The number of likely N-dealkylation sites (N-methyl/N-ethyl adjacent to an activating group) is 1. The highest BCUT2D eigenvalue weighted by Crippen LogP contribution is 2.20. The molecule has 1 heterocycles. The summed E-state index contributed by atoms with van der Waals surface area (Å²) in [5, 5.41) is 8.06. The van der Waals surface area contributed by atoms with Crippen LogP contribution in [0.4, 0.5) is 5.69 Å². The number of aromatic nitrogens is 3. The molecule has 0 radical (unpaired) electrons. The van der Waals surface area contributed by atoms with E-state index in [-0.39, 0.29) is 12.5 Å². The molecule has 146 valence electrons. The molecule has 1 aromatic heterocycles. The number of benzene rings is 2. The molecule has 0 aliphatic heterocycles. The molecule has 0 spiro atoms. The molecular weight excluding hydrogens is 394 g/mol. The predicted octanol–water partition coefficient (Wildman–Crippen LogP) is 2.87. The van der Waals surface area contributed by atoms with Crippen LogP contribution in [0.1, 0.15) is 6.92 Å². The fourth-order valence-electron chi connectivity index (χ4n) is 2.97. The van der Waals surface area contributed by atoms with E-state index in [2.05, 4.69) is 5.32 Å². The fraction of sp³-hybridized carbons (Fsp3) is 0.250. The van der Waals surface area contributed by atoms with Gasteiger partial charge in [-0.2, -0.15) is 4.68 Å². The van der Waals surface area contributed by atoms with Crippen LogP contribution in [0.25, 0.3) is 11.4 Å². The van der Waals surface area contributed by atoms with Crippen LogP contribution < -0.4 is 10.2 Å². The quantitative estimate of drug-likeness (QED) is 0.582. The van der Waals surface area contributed by atoms with Gasteiger partial charge in [0.15, 0.2) is 19.0 Å². The van der Waals surface area contributed by atoms with E-state index in [0.29, 0.717) is 22.1 Å².